The number of hydrogen-bond acceptors (Lipinski definition) is 4. The molecular formula is C12H13FN4O3S. The predicted molar refractivity (Wildman–Crippen MR) is 75.0 cm³/mol. The maximum atomic E-state index is 13.9. The highest BCUT2D eigenvalue weighted by atomic mass is 32.2. The lowest BCUT2D eigenvalue weighted by Crippen LogP contribution is -2.25. The van der Waals surface area contributed by atoms with Gasteiger partial charge in [0, 0.05) is 10.7 Å². The van der Waals surface area contributed by atoms with E-state index in [1.165, 1.54) is 17.0 Å². The first kappa shape index (κ1) is 15.3. The summed E-state index contributed by atoms with van der Waals surface area (Å²) in [5.74, 6) is -0.310. The van der Waals surface area contributed by atoms with Crippen LogP contribution < -0.4 is 4.90 Å². The van der Waals surface area contributed by atoms with Crippen LogP contribution in [0.4, 0.5) is 14.9 Å². The Hall–Kier alpha value is -2.12. The van der Waals surface area contributed by atoms with Gasteiger partial charge in [-0.25, -0.2) is 9.18 Å². The van der Waals surface area contributed by atoms with E-state index in [1.54, 1.807) is 6.92 Å². The number of carbonyl (C=O) groups excluding carboxylic acids is 1. The monoisotopic (exact) mass is 312 g/mol. The smallest absolute Gasteiger partial charge is 0.414 e. The van der Waals surface area contributed by atoms with Crippen LogP contribution in [0.25, 0.3) is 10.4 Å². The first-order chi connectivity index (χ1) is 10.1. The van der Waals surface area contributed by atoms with Gasteiger partial charge < -0.3 is 4.74 Å². The van der Waals surface area contributed by atoms with Gasteiger partial charge in [0.05, 0.1) is 34.5 Å². The zero-order chi connectivity index (χ0) is 15.4. The van der Waals surface area contributed by atoms with E-state index in [1.807, 2.05) is 0 Å². The largest absolute Gasteiger partial charge is 0.444 e. The fourth-order valence-electron chi connectivity index (χ4n) is 1.95. The topological polar surface area (TPSA) is 95.4 Å². The molecule has 9 heteroatoms. The molecule has 0 N–H and O–H groups in total. The molecule has 1 unspecified atom stereocenters. The van der Waals surface area contributed by atoms with Crippen molar-refractivity contribution >= 4 is 22.6 Å². The van der Waals surface area contributed by atoms with Crippen LogP contribution in [-0.2, 0) is 15.5 Å². The van der Waals surface area contributed by atoms with Crippen molar-refractivity contribution in [3.63, 3.8) is 0 Å². The highest BCUT2D eigenvalue weighted by molar-refractivity contribution is 7.85. The number of hydrogen-bond donors (Lipinski definition) is 0. The molecule has 1 aromatic rings. The number of benzene rings is 1. The molecule has 7 nitrogen and oxygen atoms in total. The Bertz CT molecular complexity index is 633. The maximum absolute atomic E-state index is 13.9. The van der Waals surface area contributed by atoms with Gasteiger partial charge >= 0.3 is 6.09 Å². The van der Waals surface area contributed by atoms with E-state index in [4.69, 9.17) is 10.3 Å². The van der Waals surface area contributed by atoms with Gasteiger partial charge in [-0.2, -0.15) is 0 Å². The average Bonchev–Trinajstić information content (AvgIpc) is 2.85. The van der Waals surface area contributed by atoms with Crippen molar-refractivity contribution in [3.8, 4) is 0 Å². The van der Waals surface area contributed by atoms with Crippen molar-refractivity contribution in [3.05, 3.63) is 34.5 Å². The quantitative estimate of drug-likeness (QED) is 0.475. The Morgan fingerprint density at radius 1 is 1.62 bits per heavy atom. The SMILES string of the molecule is CCS(=O)c1ccc(N2C[C@H](CN=[N+]=[N-])OC2=O)cc1F. The zero-order valence-corrected chi connectivity index (χ0v) is 12.0. The van der Waals surface area contributed by atoms with Gasteiger partial charge in [0.2, 0.25) is 0 Å². The number of halogens is 1. The Labute approximate surface area is 122 Å². The van der Waals surface area contributed by atoms with Crippen molar-refractivity contribution in [2.24, 2.45) is 5.11 Å². The lowest BCUT2D eigenvalue weighted by atomic mass is 10.2. The first-order valence-electron chi connectivity index (χ1n) is 6.23. The second kappa shape index (κ2) is 6.55. The Balaban J connectivity index is 2.19. The molecule has 1 fully saturated rings. The molecule has 1 amide bonds. The van der Waals surface area contributed by atoms with Crippen LogP contribution in [-0.4, -0.2) is 35.2 Å². The molecule has 2 atom stereocenters. The van der Waals surface area contributed by atoms with Crippen molar-refractivity contribution in [1.82, 2.24) is 0 Å². The second-order valence-electron chi connectivity index (χ2n) is 4.28. The van der Waals surface area contributed by atoms with Gasteiger partial charge in [0.1, 0.15) is 11.9 Å². The number of carbonyl (C=O) groups is 1. The number of anilines is 1. The number of cyclic esters (lactones) is 1. The van der Waals surface area contributed by atoms with Crippen LogP contribution in [0, 0.1) is 5.82 Å². The predicted octanol–water partition coefficient (Wildman–Crippen LogP) is 2.59. The standard InChI is InChI=1S/C12H13FN4O3S/c1-2-21(19)11-4-3-8(5-10(11)13)17-7-9(6-15-16-14)20-12(17)18/h3-5,9H,2,6-7H2,1H3/t9-,21?/m0/s1. The van der Waals surface area contributed by atoms with Gasteiger partial charge in [0.25, 0.3) is 0 Å². The molecule has 1 aliphatic heterocycles. The van der Waals surface area contributed by atoms with Crippen LogP contribution in [0.5, 0.6) is 0 Å². The molecular weight excluding hydrogens is 299 g/mol. The summed E-state index contributed by atoms with van der Waals surface area (Å²) >= 11 is 0. The summed E-state index contributed by atoms with van der Waals surface area (Å²) in [4.78, 5) is 15.7. The Kier molecular flexibility index (Phi) is 4.77. The summed E-state index contributed by atoms with van der Waals surface area (Å²) in [6.07, 6.45) is -1.18. The van der Waals surface area contributed by atoms with Gasteiger partial charge in [-0.3, -0.25) is 9.11 Å². The zero-order valence-electron chi connectivity index (χ0n) is 11.2. The van der Waals surface area contributed by atoms with E-state index < -0.39 is 28.8 Å². The summed E-state index contributed by atoms with van der Waals surface area (Å²) in [5, 5.41) is 3.34. The Morgan fingerprint density at radius 3 is 3.00 bits per heavy atom. The lowest BCUT2D eigenvalue weighted by molar-refractivity contribution is 0.145. The third-order valence-corrected chi connectivity index (χ3v) is 4.30. The molecule has 0 aromatic heterocycles. The third kappa shape index (κ3) is 3.32. The van der Waals surface area contributed by atoms with Gasteiger partial charge in [-0.05, 0) is 23.7 Å². The first-order valence-corrected chi connectivity index (χ1v) is 7.55. The molecule has 21 heavy (non-hydrogen) atoms. The molecule has 112 valence electrons. The number of nitrogens with zero attached hydrogens (tertiary/aromatic N) is 4. The van der Waals surface area contributed by atoms with E-state index in [0.29, 0.717) is 11.4 Å². The highest BCUT2D eigenvalue weighted by Crippen LogP contribution is 2.25. The highest BCUT2D eigenvalue weighted by Gasteiger charge is 2.32. The molecule has 2 rings (SSSR count). The summed E-state index contributed by atoms with van der Waals surface area (Å²) in [7, 11) is -1.40. The Morgan fingerprint density at radius 2 is 2.38 bits per heavy atom. The number of azide groups is 1. The minimum atomic E-state index is -1.40. The van der Waals surface area contributed by atoms with E-state index in [9.17, 15) is 13.4 Å². The van der Waals surface area contributed by atoms with Gasteiger partial charge in [-0.15, -0.1) is 0 Å². The van der Waals surface area contributed by atoms with Crippen LogP contribution in [0.15, 0.2) is 28.2 Å². The molecule has 0 spiro atoms. The van der Waals surface area contributed by atoms with Crippen molar-refractivity contribution in [1.29, 1.82) is 0 Å². The second-order valence-corrected chi connectivity index (χ2v) is 5.99. The molecule has 1 heterocycles. The van der Waals surface area contributed by atoms with Crippen molar-refractivity contribution < 1.29 is 18.1 Å². The number of rotatable bonds is 5. The normalized spacial score (nSPS) is 19.0. The lowest BCUT2D eigenvalue weighted by Gasteiger charge is -2.13. The number of amides is 1. The maximum Gasteiger partial charge on any atom is 0.414 e. The van der Waals surface area contributed by atoms with Gasteiger partial charge in [-0.1, -0.05) is 12.0 Å². The molecule has 1 aliphatic rings. The van der Waals surface area contributed by atoms with Crippen LogP contribution in [0.3, 0.4) is 0 Å². The summed E-state index contributed by atoms with van der Waals surface area (Å²) in [6.45, 7) is 1.90. The van der Waals surface area contributed by atoms with Gasteiger partial charge in [0.15, 0.2) is 0 Å². The summed E-state index contributed by atoms with van der Waals surface area (Å²) < 4.78 is 30.6. The van der Waals surface area contributed by atoms with E-state index >= 15 is 0 Å². The minimum Gasteiger partial charge on any atom is -0.444 e. The minimum absolute atomic E-state index is 0.0269. The third-order valence-electron chi connectivity index (χ3n) is 2.96. The molecule has 0 radical (unpaired) electrons. The van der Waals surface area contributed by atoms with Crippen LogP contribution >= 0.6 is 0 Å². The van der Waals surface area contributed by atoms with Crippen LogP contribution in [0.2, 0.25) is 0 Å². The summed E-state index contributed by atoms with van der Waals surface area (Å²) in [5.41, 5.74) is 8.56. The molecule has 0 bridgehead atoms. The molecule has 0 saturated carbocycles. The fourth-order valence-corrected chi connectivity index (χ4v) is 2.76. The average molecular weight is 312 g/mol. The molecule has 1 aromatic carbocycles. The molecule has 1 saturated heterocycles. The van der Waals surface area contributed by atoms with E-state index in [0.717, 1.165) is 6.07 Å². The summed E-state index contributed by atoms with van der Waals surface area (Å²) in [6, 6.07) is 4.07. The fraction of sp³-hybridized carbons (Fsp3) is 0.417. The molecule has 0 aliphatic carbocycles. The number of ether oxygens (including phenoxy) is 1. The van der Waals surface area contributed by atoms with E-state index in [-0.39, 0.29) is 18.0 Å². The van der Waals surface area contributed by atoms with Crippen molar-refractivity contribution in [2.75, 3.05) is 23.7 Å². The van der Waals surface area contributed by atoms with E-state index in [2.05, 4.69) is 10.0 Å². The van der Waals surface area contributed by atoms with Crippen molar-refractivity contribution in [2.45, 2.75) is 17.9 Å². The van der Waals surface area contributed by atoms with Crippen LogP contribution in [0.1, 0.15) is 6.92 Å².